The number of halogens is 6. The van der Waals surface area contributed by atoms with Crippen LogP contribution in [0.15, 0.2) is 96.0 Å². The van der Waals surface area contributed by atoms with E-state index in [9.17, 15) is 35.9 Å². The number of fused-ring (bicyclic) bond motifs is 1. The lowest BCUT2D eigenvalue weighted by molar-refractivity contribution is -0.138. The number of nitrogens with one attached hydrogen (secondary N) is 1. The normalized spacial score (nSPS) is 12.0. The molecule has 0 saturated heterocycles. The lowest BCUT2D eigenvalue weighted by atomic mass is 10.1. The van der Waals surface area contributed by atoms with Crippen LogP contribution in [0.3, 0.4) is 0 Å². The van der Waals surface area contributed by atoms with Crippen LogP contribution in [0.1, 0.15) is 59.8 Å². The Kier molecular flexibility index (Phi) is 12.7. The maximum Gasteiger partial charge on any atom is 0.416 e. The number of hydrogen-bond donors (Lipinski definition) is 4. The van der Waals surface area contributed by atoms with Gasteiger partial charge in [0, 0.05) is 24.2 Å². The van der Waals surface area contributed by atoms with Gasteiger partial charge in [0.05, 0.1) is 22.2 Å². The van der Waals surface area contributed by atoms with E-state index in [2.05, 4.69) is 10.3 Å². The summed E-state index contributed by atoms with van der Waals surface area (Å²) in [7, 11) is 0. The molecule has 1 atom stereocenters. The molecule has 53 heavy (non-hydrogen) atoms. The minimum atomic E-state index is -4.58. The van der Waals surface area contributed by atoms with Gasteiger partial charge in [-0.1, -0.05) is 44.2 Å². The van der Waals surface area contributed by atoms with Gasteiger partial charge in [-0.25, -0.2) is 4.98 Å². The third-order valence-electron chi connectivity index (χ3n) is 7.72. The van der Waals surface area contributed by atoms with Gasteiger partial charge < -0.3 is 31.8 Å². The lowest BCUT2D eigenvalue weighted by Gasteiger charge is -2.19. The second-order valence-corrected chi connectivity index (χ2v) is 11.4. The predicted molar refractivity (Wildman–Crippen MR) is 189 cm³/mol. The van der Waals surface area contributed by atoms with Crippen molar-refractivity contribution < 1.29 is 40.7 Å². The molecule has 10 nitrogen and oxygen atoms in total. The van der Waals surface area contributed by atoms with Gasteiger partial charge in [-0.2, -0.15) is 26.3 Å². The van der Waals surface area contributed by atoms with E-state index in [1.807, 2.05) is 13.8 Å². The number of benzene rings is 4. The third-order valence-corrected chi connectivity index (χ3v) is 7.72. The Morgan fingerprint density at radius 2 is 1.45 bits per heavy atom. The van der Waals surface area contributed by atoms with Crippen LogP contribution >= 0.6 is 0 Å². The van der Waals surface area contributed by atoms with Crippen molar-refractivity contribution in [3.63, 3.8) is 0 Å². The molecule has 0 aliphatic rings. The molecule has 7 N–H and O–H groups in total. The molecule has 4 aromatic carbocycles. The number of aliphatic imine (C=N–C) groups is 1. The number of nitrogens with zero attached hydrogens (tertiary/aromatic N) is 3. The first-order chi connectivity index (χ1) is 25.1. The Hall–Kier alpha value is -6.06. The summed E-state index contributed by atoms with van der Waals surface area (Å²) >= 11 is 0. The third kappa shape index (κ3) is 10.3. The number of alkyl halides is 6. The van der Waals surface area contributed by atoms with Crippen molar-refractivity contribution in [3.05, 3.63) is 113 Å². The van der Waals surface area contributed by atoms with Crippen molar-refractivity contribution in [3.8, 4) is 22.9 Å². The summed E-state index contributed by atoms with van der Waals surface area (Å²) in [5, 5.41) is 2.61. The molecule has 0 bridgehead atoms. The summed E-state index contributed by atoms with van der Waals surface area (Å²) in [6, 6.07) is 18.7. The van der Waals surface area contributed by atoms with Gasteiger partial charge in [-0.3, -0.25) is 14.6 Å². The molecule has 2 amide bonds. The number of carbonyl (C=O) groups excluding carboxylic acids is 2. The van der Waals surface area contributed by atoms with Crippen LogP contribution in [-0.2, 0) is 23.7 Å². The summed E-state index contributed by atoms with van der Waals surface area (Å²) in [5.74, 6) is -1.10. The molecule has 1 heterocycles. The van der Waals surface area contributed by atoms with Crippen molar-refractivity contribution in [1.82, 2.24) is 14.9 Å². The van der Waals surface area contributed by atoms with E-state index in [-0.39, 0.29) is 59.4 Å². The first-order valence-electron chi connectivity index (χ1n) is 16.4. The Bertz CT molecular complexity index is 2090. The number of primary amides is 1. The topological polar surface area (TPSA) is 164 Å². The summed E-state index contributed by atoms with van der Waals surface area (Å²) in [4.78, 5) is 34.7. The minimum Gasteiger partial charge on any atom is -0.457 e. The largest absolute Gasteiger partial charge is 0.457 e. The van der Waals surface area contributed by atoms with E-state index >= 15 is 0 Å². The van der Waals surface area contributed by atoms with Crippen LogP contribution in [0.25, 0.3) is 22.4 Å². The number of amides is 2. The van der Waals surface area contributed by atoms with Crippen LogP contribution in [0, 0.1) is 0 Å². The van der Waals surface area contributed by atoms with Crippen LogP contribution in [0.5, 0.6) is 11.5 Å². The van der Waals surface area contributed by atoms with Gasteiger partial charge in [0.15, 0.2) is 5.96 Å². The Morgan fingerprint density at radius 3 is 2.09 bits per heavy atom. The molecule has 5 rings (SSSR count). The predicted octanol–water partition coefficient (Wildman–Crippen LogP) is 7.57. The Morgan fingerprint density at radius 1 is 0.830 bits per heavy atom. The zero-order valence-electron chi connectivity index (χ0n) is 28.6. The Balaban J connectivity index is 0.00000308. The van der Waals surface area contributed by atoms with Crippen LogP contribution in [0.4, 0.5) is 26.3 Å². The van der Waals surface area contributed by atoms with Gasteiger partial charge in [0.25, 0.3) is 5.91 Å². The molecule has 0 spiro atoms. The number of carbonyl (C=O) groups is 2. The summed E-state index contributed by atoms with van der Waals surface area (Å²) in [6.45, 7) is 4.02. The maximum atomic E-state index is 13.3. The fraction of sp³-hybridized carbons (Fsp3) is 0.243. The van der Waals surface area contributed by atoms with Crippen molar-refractivity contribution in [2.24, 2.45) is 22.2 Å². The molecule has 0 aliphatic carbocycles. The number of imidazole rings is 1. The quantitative estimate of drug-likeness (QED) is 0.0446. The van der Waals surface area contributed by atoms with E-state index in [1.165, 1.54) is 48.5 Å². The molecule has 5 aromatic rings. The monoisotopic (exact) mass is 741 g/mol. The average Bonchev–Trinajstić information content (AvgIpc) is 3.49. The van der Waals surface area contributed by atoms with Gasteiger partial charge in [0.1, 0.15) is 23.4 Å². The summed E-state index contributed by atoms with van der Waals surface area (Å²) < 4.78 is 86.7. The number of ether oxygens (including phenoxy) is 1. The van der Waals surface area contributed by atoms with E-state index in [4.69, 9.17) is 26.9 Å². The smallest absolute Gasteiger partial charge is 0.416 e. The molecule has 0 saturated carbocycles. The van der Waals surface area contributed by atoms with Gasteiger partial charge in [0.2, 0.25) is 5.91 Å². The van der Waals surface area contributed by atoms with Gasteiger partial charge in [-0.15, -0.1) is 0 Å². The molecular formula is C37H37F6N7O3. The highest BCUT2D eigenvalue weighted by Gasteiger charge is 2.31. The molecule has 0 unspecified atom stereocenters. The summed E-state index contributed by atoms with van der Waals surface area (Å²) in [6.07, 6.45) is -8.59. The molecule has 0 fully saturated rings. The molecule has 1 aromatic heterocycles. The van der Waals surface area contributed by atoms with Crippen LogP contribution in [-0.4, -0.2) is 33.9 Å². The number of aromatic nitrogens is 2. The van der Waals surface area contributed by atoms with Gasteiger partial charge >= 0.3 is 12.4 Å². The molecule has 280 valence electrons. The molecule has 16 heteroatoms. The van der Waals surface area contributed by atoms with Crippen LogP contribution < -0.4 is 27.3 Å². The number of rotatable bonds is 12. The fourth-order valence-electron chi connectivity index (χ4n) is 5.36. The van der Waals surface area contributed by atoms with E-state index in [0.29, 0.717) is 17.5 Å². The maximum absolute atomic E-state index is 13.3. The van der Waals surface area contributed by atoms with Crippen molar-refractivity contribution >= 4 is 28.8 Å². The second kappa shape index (κ2) is 17.0. The molecule has 0 aliphatic heterocycles. The number of hydrogen-bond acceptors (Lipinski definition) is 5. The summed E-state index contributed by atoms with van der Waals surface area (Å²) in [5.41, 5.74) is 16.5. The average molecular weight is 742 g/mol. The highest BCUT2D eigenvalue weighted by molar-refractivity contribution is 5.98. The first kappa shape index (κ1) is 39.7. The minimum absolute atomic E-state index is 0.0639. The standard InChI is InChI=1S/C35H31F6N7O3.C2H6/c36-34(37,38)23-7-1-5-20(15-23)19-46-32(50)22-12-13-28-27(17-22)47-31(48(28)29(30(42)49)11-4-14-45-33(43)44)21-6-2-9-25(16-21)51-26-10-3-8-24(18-26)35(39,40)41;1-2/h1-3,5-10,12-13,15-18,29H,4,11,14,19H2,(H2,42,49)(H,46,50)(H4,43,44,45);1-2H3/t29-;/m1./s1. The Labute approximate surface area is 300 Å². The van der Waals surface area contributed by atoms with Crippen molar-refractivity contribution in [2.45, 2.75) is 51.6 Å². The number of nitrogens with two attached hydrogens (primary N) is 3. The molecule has 0 radical (unpaired) electrons. The van der Waals surface area contributed by atoms with Crippen LogP contribution in [0.2, 0.25) is 0 Å². The van der Waals surface area contributed by atoms with Crippen molar-refractivity contribution in [2.75, 3.05) is 6.54 Å². The second-order valence-electron chi connectivity index (χ2n) is 11.4. The zero-order chi connectivity index (χ0) is 38.9. The first-order valence-corrected chi connectivity index (χ1v) is 16.4. The number of guanidine groups is 1. The van der Waals surface area contributed by atoms with E-state index < -0.39 is 41.3 Å². The zero-order valence-corrected chi connectivity index (χ0v) is 28.6. The fourth-order valence-corrected chi connectivity index (χ4v) is 5.36. The highest BCUT2D eigenvalue weighted by atomic mass is 19.4. The van der Waals surface area contributed by atoms with Crippen molar-refractivity contribution in [1.29, 1.82) is 0 Å². The van der Waals surface area contributed by atoms with E-state index in [1.54, 1.807) is 22.8 Å². The molecular weight excluding hydrogens is 704 g/mol. The van der Waals surface area contributed by atoms with E-state index in [0.717, 1.165) is 24.3 Å². The SMILES string of the molecule is CC.NC(=O)[C@@H](CCCN=C(N)N)n1c(-c2cccc(Oc3cccc(C(F)(F)F)c3)c2)nc2cc(C(=O)NCc3cccc(C(F)(F)F)c3)ccc21. The lowest BCUT2D eigenvalue weighted by Crippen LogP contribution is -2.27. The van der Waals surface area contributed by atoms with Gasteiger partial charge in [-0.05, 0) is 79.1 Å². The highest BCUT2D eigenvalue weighted by Crippen LogP contribution is 2.36.